The number of thiophene rings is 1. The third-order valence-corrected chi connectivity index (χ3v) is 4.08. The molecule has 1 aliphatic heterocycles. The van der Waals surface area contributed by atoms with E-state index in [1.165, 1.54) is 0 Å². The quantitative estimate of drug-likeness (QED) is 0.811. The van der Waals surface area contributed by atoms with E-state index >= 15 is 0 Å². The zero-order chi connectivity index (χ0) is 13.0. The van der Waals surface area contributed by atoms with Gasteiger partial charge < -0.3 is 9.80 Å². The summed E-state index contributed by atoms with van der Waals surface area (Å²) in [6.07, 6.45) is 1.35. The highest BCUT2D eigenvalue weighted by Crippen LogP contribution is 2.12. The van der Waals surface area contributed by atoms with Gasteiger partial charge in [-0.2, -0.15) is 0 Å². The topological polar surface area (TPSA) is 40.6 Å². The first-order valence-electron chi connectivity index (χ1n) is 6.22. The highest BCUT2D eigenvalue weighted by Gasteiger charge is 2.20. The van der Waals surface area contributed by atoms with Gasteiger partial charge in [0.15, 0.2) is 0 Å². The average molecular weight is 266 g/mol. The van der Waals surface area contributed by atoms with Crippen molar-refractivity contribution in [3.8, 4) is 0 Å². The van der Waals surface area contributed by atoms with Gasteiger partial charge in [0.05, 0.1) is 6.42 Å². The third kappa shape index (κ3) is 3.32. The second-order valence-corrected chi connectivity index (χ2v) is 5.53. The molecular weight excluding hydrogens is 248 g/mol. The molecular formula is C13H18N2O2S. The molecule has 1 aromatic heterocycles. The minimum absolute atomic E-state index is 0.0996. The summed E-state index contributed by atoms with van der Waals surface area (Å²) in [6, 6.07) is 3.95. The molecule has 2 amide bonds. The zero-order valence-electron chi connectivity index (χ0n) is 10.6. The number of carbonyl (C=O) groups excluding carboxylic acids is 2. The van der Waals surface area contributed by atoms with Crippen LogP contribution in [-0.2, 0) is 16.0 Å². The van der Waals surface area contributed by atoms with Crippen molar-refractivity contribution in [1.29, 1.82) is 0 Å². The Morgan fingerprint density at radius 3 is 2.61 bits per heavy atom. The SMILES string of the molecule is CC(=O)N1CCCN(C(=O)Cc2cccs2)CC1. The van der Waals surface area contributed by atoms with Crippen molar-refractivity contribution >= 4 is 23.2 Å². The van der Waals surface area contributed by atoms with Gasteiger partial charge in [0.25, 0.3) is 0 Å². The van der Waals surface area contributed by atoms with Crippen LogP contribution in [0, 0.1) is 0 Å². The number of carbonyl (C=O) groups is 2. The van der Waals surface area contributed by atoms with Crippen LogP contribution in [0.4, 0.5) is 0 Å². The molecule has 4 nitrogen and oxygen atoms in total. The highest BCUT2D eigenvalue weighted by molar-refractivity contribution is 7.10. The zero-order valence-corrected chi connectivity index (χ0v) is 11.4. The molecule has 5 heteroatoms. The van der Waals surface area contributed by atoms with Crippen LogP contribution in [0.3, 0.4) is 0 Å². The van der Waals surface area contributed by atoms with Crippen LogP contribution in [0.15, 0.2) is 17.5 Å². The summed E-state index contributed by atoms with van der Waals surface area (Å²) in [5.74, 6) is 0.269. The van der Waals surface area contributed by atoms with Crippen molar-refractivity contribution in [3.05, 3.63) is 22.4 Å². The monoisotopic (exact) mass is 266 g/mol. The van der Waals surface area contributed by atoms with E-state index in [2.05, 4.69) is 0 Å². The molecule has 2 rings (SSSR count). The maximum atomic E-state index is 12.1. The summed E-state index contributed by atoms with van der Waals surface area (Å²) in [5, 5.41) is 1.99. The summed E-state index contributed by atoms with van der Waals surface area (Å²) in [5.41, 5.74) is 0. The number of amides is 2. The standard InChI is InChI=1S/C13H18N2O2S/c1-11(16)14-5-3-6-15(8-7-14)13(17)10-12-4-2-9-18-12/h2,4,9H,3,5-8,10H2,1H3. The lowest BCUT2D eigenvalue weighted by molar-refractivity contribution is -0.132. The van der Waals surface area contributed by atoms with Crippen molar-refractivity contribution in [2.24, 2.45) is 0 Å². The van der Waals surface area contributed by atoms with E-state index in [9.17, 15) is 9.59 Å². The second kappa shape index (κ2) is 6.00. The van der Waals surface area contributed by atoms with Crippen LogP contribution < -0.4 is 0 Å². The fourth-order valence-corrected chi connectivity index (χ4v) is 2.85. The summed E-state index contributed by atoms with van der Waals surface area (Å²) in [7, 11) is 0. The Morgan fingerprint density at radius 1 is 1.22 bits per heavy atom. The molecule has 98 valence electrons. The minimum atomic E-state index is 0.0996. The summed E-state index contributed by atoms with van der Waals surface area (Å²) < 4.78 is 0. The van der Waals surface area contributed by atoms with E-state index in [0.29, 0.717) is 19.5 Å². The molecule has 1 saturated heterocycles. The molecule has 18 heavy (non-hydrogen) atoms. The van der Waals surface area contributed by atoms with Gasteiger partial charge in [-0.15, -0.1) is 11.3 Å². The fraction of sp³-hybridized carbons (Fsp3) is 0.538. The van der Waals surface area contributed by atoms with Gasteiger partial charge >= 0.3 is 0 Å². The van der Waals surface area contributed by atoms with E-state index in [1.54, 1.807) is 18.3 Å². The first kappa shape index (κ1) is 13.1. The fourth-order valence-electron chi connectivity index (χ4n) is 2.16. The molecule has 0 radical (unpaired) electrons. The lowest BCUT2D eigenvalue weighted by atomic mass is 10.3. The Hall–Kier alpha value is -1.36. The van der Waals surface area contributed by atoms with E-state index in [1.807, 2.05) is 27.3 Å². The molecule has 0 bridgehead atoms. The molecule has 0 atom stereocenters. The van der Waals surface area contributed by atoms with Gasteiger partial charge in [0, 0.05) is 38.0 Å². The van der Waals surface area contributed by atoms with Crippen LogP contribution in [0.25, 0.3) is 0 Å². The van der Waals surface area contributed by atoms with Crippen LogP contribution in [0.5, 0.6) is 0 Å². The van der Waals surface area contributed by atoms with Crippen molar-refractivity contribution in [3.63, 3.8) is 0 Å². The minimum Gasteiger partial charge on any atom is -0.341 e. The van der Waals surface area contributed by atoms with Crippen LogP contribution in [0.2, 0.25) is 0 Å². The highest BCUT2D eigenvalue weighted by atomic mass is 32.1. The van der Waals surface area contributed by atoms with E-state index in [4.69, 9.17) is 0 Å². The Morgan fingerprint density at radius 2 is 1.94 bits per heavy atom. The largest absolute Gasteiger partial charge is 0.341 e. The average Bonchev–Trinajstić information content (AvgIpc) is 2.70. The molecule has 1 aliphatic rings. The van der Waals surface area contributed by atoms with Crippen molar-refractivity contribution in [2.75, 3.05) is 26.2 Å². The Labute approximate surface area is 111 Å². The maximum absolute atomic E-state index is 12.1. The normalized spacial score (nSPS) is 16.5. The molecule has 1 aromatic rings. The smallest absolute Gasteiger partial charge is 0.227 e. The predicted molar refractivity (Wildman–Crippen MR) is 71.5 cm³/mol. The van der Waals surface area contributed by atoms with Gasteiger partial charge in [-0.25, -0.2) is 0 Å². The Balaban J connectivity index is 1.89. The Bertz CT molecular complexity index is 417. The summed E-state index contributed by atoms with van der Waals surface area (Å²) in [4.78, 5) is 28.2. The lowest BCUT2D eigenvalue weighted by Crippen LogP contribution is -2.37. The molecule has 2 heterocycles. The van der Waals surface area contributed by atoms with Crippen LogP contribution >= 0.6 is 11.3 Å². The van der Waals surface area contributed by atoms with E-state index < -0.39 is 0 Å². The molecule has 0 aromatic carbocycles. The molecule has 0 spiro atoms. The molecule has 0 aliphatic carbocycles. The van der Waals surface area contributed by atoms with Gasteiger partial charge in [-0.1, -0.05) is 6.07 Å². The van der Waals surface area contributed by atoms with Crippen LogP contribution in [0.1, 0.15) is 18.2 Å². The number of hydrogen-bond acceptors (Lipinski definition) is 3. The summed E-state index contributed by atoms with van der Waals surface area (Å²) in [6.45, 7) is 4.42. The van der Waals surface area contributed by atoms with Gasteiger partial charge in [0.1, 0.15) is 0 Å². The lowest BCUT2D eigenvalue weighted by Gasteiger charge is -2.21. The molecule has 0 saturated carbocycles. The molecule has 0 N–H and O–H groups in total. The van der Waals surface area contributed by atoms with Crippen molar-refractivity contribution in [1.82, 2.24) is 9.80 Å². The molecule has 1 fully saturated rings. The number of nitrogens with zero attached hydrogens (tertiary/aromatic N) is 2. The second-order valence-electron chi connectivity index (χ2n) is 4.50. The third-order valence-electron chi connectivity index (χ3n) is 3.20. The van der Waals surface area contributed by atoms with Crippen molar-refractivity contribution < 1.29 is 9.59 Å². The van der Waals surface area contributed by atoms with Gasteiger partial charge in [-0.3, -0.25) is 9.59 Å². The predicted octanol–water partition coefficient (Wildman–Crippen LogP) is 1.37. The van der Waals surface area contributed by atoms with E-state index in [0.717, 1.165) is 24.4 Å². The van der Waals surface area contributed by atoms with Gasteiger partial charge in [-0.05, 0) is 17.9 Å². The number of hydrogen-bond donors (Lipinski definition) is 0. The van der Waals surface area contributed by atoms with E-state index in [-0.39, 0.29) is 11.8 Å². The number of rotatable bonds is 2. The van der Waals surface area contributed by atoms with Crippen molar-refractivity contribution in [2.45, 2.75) is 19.8 Å². The van der Waals surface area contributed by atoms with Crippen LogP contribution in [-0.4, -0.2) is 47.8 Å². The first-order chi connectivity index (χ1) is 8.66. The maximum Gasteiger partial charge on any atom is 0.227 e. The Kier molecular flexibility index (Phi) is 4.36. The summed E-state index contributed by atoms with van der Waals surface area (Å²) >= 11 is 1.61. The molecule has 0 unspecified atom stereocenters. The first-order valence-corrected chi connectivity index (χ1v) is 7.10. The van der Waals surface area contributed by atoms with Gasteiger partial charge in [0.2, 0.25) is 11.8 Å².